The van der Waals surface area contributed by atoms with Crippen molar-refractivity contribution in [3.8, 4) is 0 Å². The molecule has 0 saturated carbocycles. The highest BCUT2D eigenvalue weighted by Crippen LogP contribution is 2.05. The molecule has 7 nitrogen and oxygen atoms in total. The summed E-state index contributed by atoms with van der Waals surface area (Å²) in [6.07, 6.45) is -5.75. The SMILES string of the molecule is C=CC(=O)OC[C@@H](O)[C@@H](O)[C@H](O)[C@@H](O)CO. The molecule has 0 spiro atoms. The third kappa shape index (κ3) is 4.69. The average molecular weight is 236 g/mol. The number of esters is 1. The average Bonchev–Trinajstić information content (AvgIpc) is 2.32. The van der Waals surface area contributed by atoms with Gasteiger partial charge in [0, 0.05) is 6.08 Å². The maximum Gasteiger partial charge on any atom is 0.330 e. The van der Waals surface area contributed by atoms with Crippen LogP contribution < -0.4 is 0 Å². The van der Waals surface area contributed by atoms with Crippen LogP contribution >= 0.6 is 0 Å². The standard InChI is InChI=1S/C9H16O7/c1-2-7(13)16-4-6(12)9(15)8(14)5(11)3-10/h2,5-6,8-12,14-15H,1,3-4H2/t5-,6+,8+,9+/m0/s1. The van der Waals surface area contributed by atoms with E-state index in [9.17, 15) is 20.1 Å². The molecule has 0 rings (SSSR count). The zero-order chi connectivity index (χ0) is 12.7. The lowest BCUT2D eigenvalue weighted by Gasteiger charge is -2.25. The van der Waals surface area contributed by atoms with Crippen LogP contribution in [0.3, 0.4) is 0 Å². The fourth-order valence-corrected chi connectivity index (χ4v) is 0.888. The van der Waals surface area contributed by atoms with Gasteiger partial charge < -0.3 is 30.3 Å². The van der Waals surface area contributed by atoms with Gasteiger partial charge in [-0.25, -0.2) is 4.79 Å². The summed E-state index contributed by atoms with van der Waals surface area (Å²) in [7, 11) is 0. The molecular formula is C9H16O7. The van der Waals surface area contributed by atoms with Gasteiger partial charge in [0.25, 0.3) is 0 Å². The lowest BCUT2D eigenvalue weighted by molar-refractivity contribution is -0.151. The fraction of sp³-hybridized carbons (Fsp3) is 0.667. The quantitative estimate of drug-likeness (QED) is 0.238. The summed E-state index contributed by atoms with van der Waals surface area (Å²) < 4.78 is 4.42. The van der Waals surface area contributed by atoms with Crippen molar-refractivity contribution in [1.82, 2.24) is 0 Å². The number of ether oxygens (including phenoxy) is 1. The molecule has 0 aliphatic heterocycles. The lowest BCUT2D eigenvalue weighted by atomic mass is 10.0. The van der Waals surface area contributed by atoms with Crippen LogP contribution in [-0.4, -0.2) is 69.1 Å². The van der Waals surface area contributed by atoms with Crippen molar-refractivity contribution < 1.29 is 35.1 Å². The predicted molar refractivity (Wildman–Crippen MR) is 52.3 cm³/mol. The molecule has 0 amide bonds. The third-order valence-electron chi connectivity index (χ3n) is 1.89. The van der Waals surface area contributed by atoms with Crippen LogP contribution in [0.2, 0.25) is 0 Å². The summed E-state index contributed by atoms with van der Waals surface area (Å²) in [5.41, 5.74) is 0. The molecule has 0 fully saturated rings. The normalized spacial score (nSPS) is 18.3. The van der Waals surface area contributed by atoms with Gasteiger partial charge in [0.2, 0.25) is 0 Å². The van der Waals surface area contributed by atoms with E-state index in [2.05, 4.69) is 11.3 Å². The van der Waals surface area contributed by atoms with Gasteiger partial charge in [0.15, 0.2) is 0 Å². The maximum atomic E-state index is 10.6. The first-order chi connectivity index (χ1) is 7.43. The van der Waals surface area contributed by atoms with Crippen LogP contribution in [0.4, 0.5) is 0 Å². The molecule has 0 unspecified atom stereocenters. The summed E-state index contributed by atoms with van der Waals surface area (Å²) in [5, 5.41) is 45.2. The second-order valence-corrected chi connectivity index (χ2v) is 3.13. The van der Waals surface area contributed by atoms with Gasteiger partial charge in [-0.3, -0.25) is 0 Å². The zero-order valence-corrected chi connectivity index (χ0v) is 8.56. The molecule has 0 saturated heterocycles. The second-order valence-electron chi connectivity index (χ2n) is 3.13. The van der Waals surface area contributed by atoms with Gasteiger partial charge in [0.05, 0.1) is 6.61 Å². The van der Waals surface area contributed by atoms with Crippen LogP contribution in [0.25, 0.3) is 0 Å². The number of rotatable bonds is 7. The Morgan fingerprint density at radius 1 is 1.19 bits per heavy atom. The monoisotopic (exact) mass is 236 g/mol. The Morgan fingerprint density at radius 2 is 1.69 bits per heavy atom. The minimum Gasteiger partial charge on any atom is -0.460 e. The minimum absolute atomic E-state index is 0.554. The van der Waals surface area contributed by atoms with Gasteiger partial charge in [-0.2, -0.15) is 0 Å². The largest absolute Gasteiger partial charge is 0.460 e. The Morgan fingerprint density at radius 3 is 2.12 bits per heavy atom. The first-order valence-corrected chi connectivity index (χ1v) is 4.56. The second kappa shape index (κ2) is 7.31. The first-order valence-electron chi connectivity index (χ1n) is 4.56. The van der Waals surface area contributed by atoms with E-state index < -0.39 is 43.6 Å². The molecule has 0 aliphatic rings. The summed E-state index contributed by atoms with van der Waals surface area (Å²) in [4.78, 5) is 10.6. The summed E-state index contributed by atoms with van der Waals surface area (Å²) >= 11 is 0. The Hall–Kier alpha value is -0.990. The topological polar surface area (TPSA) is 127 Å². The predicted octanol–water partition coefficient (Wildman–Crippen LogP) is -2.85. The maximum absolute atomic E-state index is 10.6. The van der Waals surface area contributed by atoms with Gasteiger partial charge in [-0.15, -0.1) is 0 Å². The number of aliphatic hydroxyl groups is 5. The van der Waals surface area contributed by atoms with E-state index in [0.29, 0.717) is 0 Å². The molecule has 0 aromatic carbocycles. The van der Waals surface area contributed by atoms with Crippen molar-refractivity contribution >= 4 is 5.97 Å². The summed E-state index contributed by atoms with van der Waals surface area (Å²) in [6.45, 7) is 1.80. The van der Waals surface area contributed by atoms with Crippen LogP contribution in [0.1, 0.15) is 0 Å². The van der Waals surface area contributed by atoms with Crippen molar-refractivity contribution in [3.05, 3.63) is 12.7 Å². The Kier molecular flexibility index (Phi) is 6.86. The summed E-state index contributed by atoms with van der Waals surface area (Å²) in [6, 6.07) is 0. The number of carbonyl (C=O) groups excluding carboxylic acids is 1. The van der Waals surface area contributed by atoms with Gasteiger partial charge in [-0.05, 0) is 0 Å². The van der Waals surface area contributed by atoms with E-state index in [0.717, 1.165) is 6.08 Å². The molecule has 7 heteroatoms. The smallest absolute Gasteiger partial charge is 0.330 e. The van der Waals surface area contributed by atoms with E-state index in [1.54, 1.807) is 0 Å². The highest BCUT2D eigenvalue weighted by molar-refractivity contribution is 5.81. The molecule has 0 aromatic rings. The van der Waals surface area contributed by atoms with Gasteiger partial charge in [0.1, 0.15) is 31.0 Å². The van der Waals surface area contributed by atoms with Crippen LogP contribution in [-0.2, 0) is 9.53 Å². The van der Waals surface area contributed by atoms with E-state index in [1.807, 2.05) is 0 Å². The number of hydrogen-bond donors (Lipinski definition) is 5. The highest BCUT2D eigenvalue weighted by atomic mass is 16.5. The molecule has 5 N–H and O–H groups in total. The van der Waals surface area contributed by atoms with E-state index in [1.165, 1.54) is 0 Å². The van der Waals surface area contributed by atoms with Gasteiger partial charge in [-0.1, -0.05) is 6.58 Å². The molecular weight excluding hydrogens is 220 g/mol. The van der Waals surface area contributed by atoms with Crippen molar-refractivity contribution in [2.45, 2.75) is 24.4 Å². The number of aliphatic hydroxyl groups excluding tert-OH is 5. The van der Waals surface area contributed by atoms with Gasteiger partial charge >= 0.3 is 5.97 Å². The summed E-state index contributed by atoms with van der Waals surface area (Å²) in [5.74, 6) is -0.788. The first kappa shape index (κ1) is 15.0. The van der Waals surface area contributed by atoms with Crippen LogP contribution in [0, 0.1) is 0 Å². The van der Waals surface area contributed by atoms with E-state index in [4.69, 9.17) is 10.2 Å². The zero-order valence-electron chi connectivity index (χ0n) is 8.56. The Balaban J connectivity index is 4.11. The molecule has 0 bridgehead atoms. The number of carbonyl (C=O) groups is 1. The molecule has 4 atom stereocenters. The van der Waals surface area contributed by atoms with Crippen molar-refractivity contribution in [2.75, 3.05) is 13.2 Å². The van der Waals surface area contributed by atoms with Crippen LogP contribution in [0.15, 0.2) is 12.7 Å². The molecule has 0 heterocycles. The van der Waals surface area contributed by atoms with Crippen LogP contribution in [0.5, 0.6) is 0 Å². The highest BCUT2D eigenvalue weighted by Gasteiger charge is 2.30. The molecule has 16 heavy (non-hydrogen) atoms. The Bertz CT molecular complexity index is 230. The van der Waals surface area contributed by atoms with Crippen molar-refractivity contribution in [3.63, 3.8) is 0 Å². The van der Waals surface area contributed by atoms with E-state index >= 15 is 0 Å². The fourth-order valence-electron chi connectivity index (χ4n) is 0.888. The van der Waals surface area contributed by atoms with E-state index in [-0.39, 0.29) is 0 Å². The third-order valence-corrected chi connectivity index (χ3v) is 1.89. The molecule has 0 aliphatic carbocycles. The van der Waals surface area contributed by atoms with Crippen molar-refractivity contribution in [1.29, 1.82) is 0 Å². The van der Waals surface area contributed by atoms with Crippen molar-refractivity contribution in [2.24, 2.45) is 0 Å². The molecule has 94 valence electrons. The number of hydrogen-bond acceptors (Lipinski definition) is 7. The molecule has 0 radical (unpaired) electrons. The lowest BCUT2D eigenvalue weighted by Crippen LogP contribution is -2.47. The Labute approximate surface area is 92.2 Å². The molecule has 0 aromatic heterocycles. The minimum atomic E-state index is -1.74.